The predicted octanol–water partition coefficient (Wildman–Crippen LogP) is 2.95. The minimum atomic E-state index is -1.61. The van der Waals surface area contributed by atoms with Crippen LogP contribution in [-0.2, 0) is 0 Å². The third kappa shape index (κ3) is 2.91. The molecule has 0 aromatic heterocycles. The average Bonchev–Trinajstić information content (AvgIpc) is 2.44. The minimum absolute atomic E-state index is 0.0186. The lowest BCUT2D eigenvalue weighted by Crippen LogP contribution is -2.16. The summed E-state index contributed by atoms with van der Waals surface area (Å²) in [5, 5.41) is 2.24. The predicted molar refractivity (Wildman–Crippen MR) is 71.7 cm³/mol. The van der Waals surface area contributed by atoms with Gasteiger partial charge in [-0.1, -0.05) is 6.07 Å². The quantitative estimate of drug-likeness (QED) is 0.676. The number of hydrogen-bond donors (Lipinski definition) is 2. The van der Waals surface area contributed by atoms with E-state index in [1.165, 1.54) is 19.2 Å². The third-order valence-electron chi connectivity index (χ3n) is 2.75. The van der Waals surface area contributed by atoms with Crippen molar-refractivity contribution in [1.29, 1.82) is 0 Å². The summed E-state index contributed by atoms with van der Waals surface area (Å²) in [5.74, 6) is -4.94. The molecule has 0 aliphatic rings. The molecule has 0 radical (unpaired) electrons. The number of benzene rings is 2. The van der Waals surface area contributed by atoms with E-state index in [4.69, 9.17) is 10.5 Å². The summed E-state index contributed by atoms with van der Waals surface area (Å²) in [5.41, 5.74) is 5.60. The summed E-state index contributed by atoms with van der Waals surface area (Å²) in [6, 6.07) is 5.91. The number of nitrogens with one attached hydrogen (secondary N) is 1. The summed E-state index contributed by atoms with van der Waals surface area (Å²) in [6.45, 7) is 0. The average molecular weight is 296 g/mol. The Bertz CT molecular complexity index is 682. The van der Waals surface area contributed by atoms with Crippen molar-refractivity contribution in [1.82, 2.24) is 0 Å². The van der Waals surface area contributed by atoms with Gasteiger partial charge < -0.3 is 15.8 Å². The molecule has 3 N–H and O–H groups in total. The number of nitrogens with two attached hydrogens (primary N) is 1. The fourth-order valence-corrected chi connectivity index (χ4v) is 1.78. The van der Waals surface area contributed by atoms with E-state index in [1.807, 2.05) is 0 Å². The number of halogens is 3. The van der Waals surface area contributed by atoms with Gasteiger partial charge in [-0.2, -0.15) is 0 Å². The van der Waals surface area contributed by atoms with Crippen LogP contribution < -0.4 is 15.8 Å². The van der Waals surface area contributed by atoms with E-state index < -0.39 is 23.4 Å². The van der Waals surface area contributed by atoms with Crippen LogP contribution in [-0.4, -0.2) is 13.0 Å². The molecule has 0 bridgehead atoms. The number of amides is 1. The van der Waals surface area contributed by atoms with E-state index >= 15 is 0 Å². The van der Waals surface area contributed by atoms with Gasteiger partial charge in [0.15, 0.2) is 17.5 Å². The molecule has 0 spiro atoms. The lowest BCUT2D eigenvalue weighted by atomic mass is 10.1. The number of nitrogen functional groups attached to an aromatic ring is 1. The Morgan fingerprint density at radius 2 is 1.81 bits per heavy atom. The van der Waals surface area contributed by atoms with E-state index in [2.05, 4.69) is 5.32 Å². The van der Waals surface area contributed by atoms with Gasteiger partial charge in [-0.3, -0.25) is 4.79 Å². The van der Waals surface area contributed by atoms with Crippen LogP contribution in [0.4, 0.5) is 24.5 Å². The Balaban J connectivity index is 2.35. The fraction of sp³-hybridized carbons (Fsp3) is 0.0714. The molecule has 0 unspecified atom stereocenters. The van der Waals surface area contributed by atoms with Crippen LogP contribution in [0.1, 0.15) is 10.4 Å². The van der Waals surface area contributed by atoms with Gasteiger partial charge in [0.1, 0.15) is 11.3 Å². The highest BCUT2D eigenvalue weighted by molar-refractivity contribution is 6.09. The van der Waals surface area contributed by atoms with Gasteiger partial charge in [-0.15, -0.1) is 0 Å². The first kappa shape index (κ1) is 14.7. The van der Waals surface area contributed by atoms with Crippen molar-refractivity contribution in [3.8, 4) is 5.75 Å². The summed E-state index contributed by atoms with van der Waals surface area (Å²) < 4.78 is 44.1. The van der Waals surface area contributed by atoms with Crippen LogP contribution in [0.2, 0.25) is 0 Å². The molecule has 21 heavy (non-hydrogen) atoms. The first-order valence-electron chi connectivity index (χ1n) is 5.82. The molecule has 2 aromatic carbocycles. The van der Waals surface area contributed by atoms with E-state index in [0.717, 1.165) is 0 Å². The van der Waals surface area contributed by atoms with Crippen LogP contribution in [0, 0.1) is 17.5 Å². The minimum Gasteiger partial charge on any atom is -0.496 e. The zero-order chi connectivity index (χ0) is 15.6. The number of carbonyl (C=O) groups excluding carboxylic acids is 1. The van der Waals surface area contributed by atoms with E-state index in [9.17, 15) is 18.0 Å². The zero-order valence-corrected chi connectivity index (χ0v) is 10.9. The van der Waals surface area contributed by atoms with Gasteiger partial charge >= 0.3 is 0 Å². The second-order valence-corrected chi connectivity index (χ2v) is 4.13. The number of carbonyl (C=O) groups is 1. The molecule has 7 heteroatoms. The third-order valence-corrected chi connectivity index (χ3v) is 2.75. The summed E-state index contributed by atoms with van der Waals surface area (Å²) in [4.78, 5) is 12.1. The van der Waals surface area contributed by atoms with E-state index in [0.29, 0.717) is 12.1 Å². The molecule has 0 saturated carbocycles. The van der Waals surface area contributed by atoms with Crippen LogP contribution in [0.5, 0.6) is 5.75 Å². The van der Waals surface area contributed by atoms with Crippen LogP contribution in [0.3, 0.4) is 0 Å². The van der Waals surface area contributed by atoms with Crippen molar-refractivity contribution >= 4 is 17.3 Å². The van der Waals surface area contributed by atoms with Gasteiger partial charge in [0.25, 0.3) is 5.91 Å². The van der Waals surface area contributed by atoms with Crippen molar-refractivity contribution in [3.05, 3.63) is 53.3 Å². The fourth-order valence-electron chi connectivity index (χ4n) is 1.78. The standard InChI is InChI=1S/C14H11F3N2O2/c1-21-11-4-2-3-10(18)12(11)14(20)19-7-5-8(15)13(17)9(16)6-7/h2-6H,18H2,1H3,(H,19,20). The maximum Gasteiger partial charge on any atom is 0.261 e. The molecule has 4 nitrogen and oxygen atoms in total. The van der Waals surface area contributed by atoms with Gasteiger partial charge in [0.05, 0.1) is 7.11 Å². The SMILES string of the molecule is COc1cccc(N)c1C(=O)Nc1cc(F)c(F)c(F)c1. The second-order valence-electron chi connectivity index (χ2n) is 4.13. The van der Waals surface area contributed by atoms with Crippen molar-refractivity contribution in [2.45, 2.75) is 0 Å². The van der Waals surface area contributed by atoms with Gasteiger partial charge in [0.2, 0.25) is 0 Å². The van der Waals surface area contributed by atoms with Crippen molar-refractivity contribution in [3.63, 3.8) is 0 Å². The number of ether oxygens (including phenoxy) is 1. The number of hydrogen-bond acceptors (Lipinski definition) is 3. The second kappa shape index (κ2) is 5.74. The number of rotatable bonds is 3. The smallest absolute Gasteiger partial charge is 0.261 e. The van der Waals surface area contributed by atoms with E-state index in [1.54, 1.807) is 6.07 Å². The molecule has 110 valence electrons. The molecular weight excluding hydrogens is 285 g/mol. The highest BCUT2D eigenvalue weighted by Gasteiger charge is 2.18. The van der Waals surface area contributed by atoms with Crippen molar-refractivity contribution in [2.24, 2.45) is 0 Å². The molecule has 1 amide bonds. The Labute approximate surface area is 118 Å². The van der Waals surface area contributed by atoms with Gasteiger partial charge in [-0.25, -0.2) is 13.2 Å². The number of methoxy groups -OCH3 is 1. The van der Waals surface area contributed by atoms with Crippen molar-refractivity contribution < 1.29 is 22.7 Å². The first-order valence-corrected chi connectivity index (χ1v) is 5.82. The van der Waals surface area contributed by atoms with E-state index in [-0.39, 0.29) is 22.7 Å². The molecule has 2 rings (SSSR count). The molecule has 0 fully saturated rings. The summed E-state index contributed by atoms with van der Waals surface area (Å²) in [6.07, 6.45) is 0. The van der Waals surface area contributed by atoms with Crippen molar-refractivity contribution in [2.75, 3.05) is 18.2 Å². The first-order chi connectivity index (χ1) is 9.93. The molecule has 0 atom stereocenters. The lowest BCUT2D eigenvalue weighted by Gasteiger charge is -2.11. The molecule has 0 heterocycles. The molecular formula is C14H11F3N2O2. The van der Waals surface area contributed by atoms with Crippen LogP contribution in [0.25, 0.3) is 0 Å². The Kier molecular flexibility index (Phi) is 4.02. The normalized spacial score (nSPS) is 10.3. The zero-order valence-electron chi connectivity index (χ0n) is 10.9. The Morgan fingerprint density at radius 3 is 2.38 bits per heavy atom. The highest BCUT2D eigenvalue weighted by atomic mass is 19.2. The highest BCUT2D eigenvalue weighted by Crippen LogP contribution is 2.26. The van der Waals surface area contributed by atoms with Crippen LogP contribution >= 0.6 is 0 Å². The maximum absolute atomic E-state index is 13.1. The number of anilines is 2. The molecule has 0 aliphatic carbocycles. The topological polar surface area (TPSA) is 64.3 Å². The Hall–Kier alpha value is -2.70. The molecule has 0 aliphatic heterocycles. The largest absolute Gasteiger partial charge is 0.496 e. The lowest BCUT2D eigenvalue weighted by molar-refractivity contribution is 0.102. The summed E-state index contributed by atoms with van der Waals surface area (Å²) in [7, 11) is 1.35. The van der Waals surface area contributed by atoms with Gasteiger partial charge in [0, 0.05) is 23.5 Å². The summed E-state index contributed by atoms with van der Waals surface area (Å²) >= 11 is 0. The van der Waals surface area contributed by atoms with Crippen LogP contribution in [0.15, 0.2) is 30.3 Å². The molecule has 2 aromatic rings. The monoisotopic (exact) mass is 296 g/mol. The Morgan fingerprint density at radius 1 is 1.19 bits per heavy atom. The van der Waals surface area contributed by atoms with Gasteiger partial charge in [-0.05, 0) is 12.1 Å². The maximum atomic E-state index is 13.1. The molecule has 0 saturated heterocycles.